The van der Waals surface area contributed by atoms with Crippen LogP contribution in [0.5, 0.6) is 11.5 Å². The van der Waals surface area contributed by atoms with E-state index in [0.29, 0.717) is 30.1 Å². The lowest BCUT2D eigenvalue weighted by Gasteiger charge is -2.26. The average molecular weight is 469 g/mol. The number of hydrogen-bond acceptors (Lipinski definition) is 5. The maximum absolute atomic E-state index is 13.6. The number of methoxy groups -OCH3 is 2. The summed E-state index contributed by atoms with van der Waals surface area (Å²) in [5.41, 5.74) is 5.06. The molecule has 2 aromatic carbocycles. The molecule has 35 heavy (non-hydrogen) atoms. The molecule has 176 valence electrons. The molecule has 0 fully saturated rings. The Labute approximate surface area is 201 Å². The molecule has 1 amide bonds. The van der Waals surface area contributed by atoms with E-state index in [2.05, 4.69) is 15.2 Å². The SMILES string of the molecule is COc1cccc(C2c3c(n[nH]c3-c3ccco3)C(=O)N2CCc2c[nH]c3ccc(OC)cc23)c1. The largest absolute Gasteiger partial charge is 0.497 e. The van der Waals surface area contributed by atoms with Crippen molar-refractivity contribution in [2.24, 2.45) is 0 Å². The molecule has 2 N–H and O–H groups in total. The van der Waals surface area contributed by atoms with E-state index < -0.39 is 0 Å². The van der Waals surface area contributed by atoms with Crippen LogP contribution in [0.4, 0.5) is 0 Å². The second-order valence-corrected chi connectivity index (χ2v) is 8.49. The Hall–Kier alpha value is -4.46. The highest BCUT2D eigenvalue weighted by Crippen LogP contribution is 2.43. The number of hydrogen-bond donors (Lipinski definition) is 2. The van der Waals surface area contributed by atoms with Crippen molar-refractivity contribution in [2.75, 3.05) is 20.8 Å². The third-order valence-corrected chi connectivity index (χ3v) is 6.63. The summed E-state index contributed by atoms with van der Waals surface area (Å²) in [5, 5.41) is 8.50. The van der Waals surface area contributed by atoms with Gasteiger partial charge < -0.3 is 23.8 Å². The first-order chi connectivity index (χ1) is 17.2. The quantitative estimate of drug-likeness (QED) is 0.352. The van der Waals surface area contributed by atoms with Crippen LogP contribution in [0.2, 0.25) is 0 Å². The van der Waals surface area contributed by atoms with E-state index in [4.69, 9.17) is 13.9 Å². The van der Waals surface area contributed by atoms with E-state index in [1.54, 1.807) is 20.5 Å². The summed E-state index contributed by atoms with van der Waals surface area (Å²) in [4.78, 5) is 18.8. The third-order valence-electron chi connectivity index (χ3n) is 6.63. The minimum Gasteiger partial charge on any atom is -0.497 e. The predicted molar refractivity (Wildman–Crippen MR) is 131 cm³/mol. The van der Waals surface area contributed by atoms with Crippen molar-refractivity contribution in [3.63, 3.8) is 0 Å². The number of furan rings is 1. The second kappa shape index (κ2) is 8.39. The molecule has 0 radical (unpaired) electrons. The van der Waals surface area contributed by atoms with Gasteiger partial charge in [-0.25, -0.2) is 0 Å². The van der Waals surface area contributed by atoms with Gasteiger partial charge in [0.25, 0.3) is 5.91 Å². The number of aromatic nitrogens is 3. The zero-order valence-corrected chi connectivity index (χ0v) is 19.4. The predicted octanol–water partition coefficient (Wildman–Crippen LogP) is 4.96. The van der Waals surface area contributed by atoms with Crippen molar-refractivity contribution < 1.29 is 18.7 Å². The molecule has 0 aliphatic carbocycles. The van der Waals surface area contributed by atoms with Crippen LogP contribution in [0.25, 0.3) is 22.4 Å². The van der Waals surface area contributed by atoms with E-state index in [-0.39, 0.29) is 11.9 Å². The van der Waals surface area contributed by atoms with Crippen LogP contribution in [-0.4, -0.2) is 46.8 Å². The zero-order valence-electron chi connectivity index (χ0n) is 19.4. The van der Waals surface area contributed by atoms with Crippen molar-refractivity contribution in [3.8, 4) is 23.0 Å². The van der Waals surface area contributed by atoms with Crippen molar-refractivity contribution in [2.45, 2.75) is 12.5 Å². The van der Waals surface area contributed by atoms with Crippen LogP contribution >= 0.6 is 0 Å². The molecular formula is C27H24N4O4. The Morgan fingerprint density at radius 2 is 1.91 bits per heavy atom. The molecule has 8 heteroatoms. The number of carbonyl (C=O) groups excluding carboxylic acids is 1. The minimum absolute atomic E-state index is 0.112. The maximum Gasteiger partial charge on any atom is 0.275 e. The monoisotopic (exact) mass is 468 g/mol. The molecule has 1 unspecified atom stereocenters. The summed E-state index contributed by atoms with van der Waals surface area (Å²) < 4.78 is 16.5. The molecule has 1 atom stereocenters. The first kappa shape index (κ1) is 21.1. The fourth-order valence-corrected chi connectivity index (χ4v) is 4.92. The van der Waals surface area contributed by atoms with Gasteiger partial charge in [0.05, 0.1) is 26.5 Å². The fourth-order valence-electron chi connectivity index (χ4n) is 4.92. The maximum atomic E-state index is 13.6. The number of aromatic amines is 2. The van der Waals surface area contributed by atoms with Crippen LogP contribution in [0.1, 0.15) is 33.2 Å². The molecule has 1 aliphatic heterocycles. The molecule has 1 aliphatic rings. The summed E-state index contributed by atoms with van der Waals surface area (Å²) >= 11 is 0. The van der Waals surface area contributed by atoms with Gasteiger partial charge in [-0.2, -0.15) is 5.10 Å². The first-order valence-electron chi connectivity index (χ1n) is 11.4. The molecule has 0 spiro atoms. The lowest BCUT2D eigenvalue weighted by molar-refractivity contribution is 0.0746. The number of nitrogens with one attached hydrogen (secondary N) is 2. The van der Waals surface area contributed by atoms with Crippen LogP contribution in [-0.2, 0) is 6.42 Å². The van der Waals surface area contributed by atoms with Crippen LogP contribution in [0, 0.1) is 0 Å². The second-order valence-electron chi connectivity index (χ2n) is 8.49. The van der Waals surface area contributed by atoms with E-state index >= 15 is 0 Å². The molecule has 4 heterocycles. The van der Waals surface area contributed by atoms with Crippen molar-refractivity contribution in [1.29, 1.82) is 0 Å². The third kappa shape index (κ3) is 3.45. The first-order valence-corrected chi connectivity index (χ1v) is 11.4. The molecule has 0 saturated heterocycles. The lowest BCUT2D eigenvalue weighted by Crippen LogP contribution is -2.31. The van der Waals surface area contributed by atoms with Gasteiger partial charge in [0.1, 0.15) is 17.2 Å². The van der Waals surface area contributed by atoms with Gasteiger partial charge in [0.15, 0.2) is 11.5 Å². The van der Waals surface area contributed by atoms with Gasteiger partial charge >= 0.3 is 0 Å². The number of nitrogens with zero attached hydrogens (tertiary/aromatic N) is 2. The van der Waals surface area contributed by atoms with E-state index in [0.717, 1.165) is 39.1 Å². The molecule has 3 aromatic heterocycles. The summed E-state index contributed by atoms with van der Waals surface area (Å²) in [6.45, 7) is 0.513. The highest BCUT2D eigenvalue weighted by Gasteiger charge is 2.42. The number of benzene rings is 2. The number of H-pyrrole nitrogens is 2. The molecule has 8 nitrogen and oxygen atoms in total. The van der Waals surface area contributed by atoms with Gasteiger partial charge in [0, 0.05) is 29.2 Å². The zero-order chi connectivity index (χ0) is 23.9. The number of ether oxygens (including phenoxy) is 2. The van der Waals surface area contributed by atoms with Crippen LogP contribution < -0.4 is 9.47 Å². The van der Waals surface area contributed by atoms with E-state index in [9.17, 15) is 4.79 Å². The summed E-state index contributed by atoms with van der Waals surface area (Å²) in [6.07, 6.45) is 4.28. The highest BCUT2D eigenvalue weighted by molar-refractivity contribution is 6.00. The van der Waals surface area contributed by atoms with Gasteiger partial charge in [-0.05, 0) is 60.0 Å². The van der Waals surface area contributed by atoms with Crippen LogP contribution in [0.3, 0.4) is 0 Å². The smallest absolute Gasteiger partial charge is 0.275 e. The minimum atomic E-state index is -0.328. The lowest BCUT2D eigenvalue weighted by atomic mass is 9.97. The summed E-state index contributed by atoms with van der Waals surface area (Å²) in [5.74, 6) is 2.06. The molecular weight excluding hydrogens is 444 g/mol. The number of rotatable bonds is 7. The Kier molecular flexibility index (Phi) is 5.06. The fraction of sp³-hybridized carbons (Fsp3) is 0.185. The van der Waals surface area contributed by atoms with Gasteiger partial charge in [0.2, 0.25) is 0 Å². The Bertz CT molecular complexity index is 1520. The van der Waals surface area contributed by atoms with Crippen molar-refractivity contribution >= 4 is 16.8 Å². The molecule has 0 saturated carbocycles. The van der Waals surface area contributed by atoms with Crippen molar-refractivity contribution in [3.05, 3.63) is 89.4 Å². The molecule has 5 aromatic rings. The summed E-state index contributed by atoms with van der Waals surface area (Å²) in [7, 11) is 3.30. The average Bonchev–Trinajstić information content (AvgIpc) is 3.68. The van der Waals surface area contributed by atoms with E-state index in [1.807, 2.05) is 65.7 Å². The molecule has 6 rings (SSSR count). The van der Waals surface area contributed by atoms with Gasteiger partial charge in [-0.1, -0.05) is 12.1 Å². The number of fused-ring (bicyclic) bond motifs is 2. The molecule has 0 bridgehead atoms. The standard InChI is InChI=1S/C27H24N4O4/c1-33-18-6-3-5-16(13-18)26-23-24(22-7-4-12-35-22)29-30-25(23)27(32)31(26)11-10-17-15-28-21-9-8-19(34-2)14-20(17)21/h3-9,12-15,26,28H,10-11H2,1-2H3,(H,29,30). The Morgan fingerprint density at radius 3 is 2.71 bits per heavy atom. The highest BCUT2D eigenvalue weighted by atomic mass is 16.5. The Balaban J connectivity index is 1.40. The summed E-state index contributed by atoms with van der Waals surface area (Å²) in [6, 6.07) is 17.1. The van der Waals surface area contributed by atoms with E-state index in [1.165, 1.54) is 0 Å². The number of carbonyl (C=O) groups is 1. The van der Waals surface area contributed by atoms with Crippen molar-refractivity contribution in [1.82, 2.24) is 20.1 Å². The van der Waals surface area contributed by atoms with Gasteiger partial charge in [-0.15, -0.1) is 0 Å². The van der Waals surface area contributed by atoms with Gasteiger partial charge in [-0.3, -0.25) is 9.89 Å². The normalized spacial score (nSPS) is 15.1. The van der Waals surface area contributed by atoms with Crippen LogP contribution in [0.15, 0.2) is 71.5 Å². The Morgan fingerprint density at radius 1 is 1.06 bits per heavy atom. The topological polar surface area (TPSA) is 96.4 Å². The number of amides is 1.